The molecule has 0 saturated carbocycles. The van der Waals surface area contributed by atoms with Gasteiger partial charge in [0.05, 0.1) is 18.6 Å². The summed E-state index contributed by atoms with van der Waals surface area (Å²) >= 11 is 0. The number of rotatable bonds is 2. The zero-order chi connectivity index (χ0) is 13.7. The standard InChI is InChI=1S/C15H20N2O2/c1-14(2,16)15(8-19-9-15)11-4-5-12-10(7-11)3-6-13(18)17-12/h4-5,7H,3,6,8-9,16H2,1-2H3,(H,17,18). The van der Waals surface area contributed by atoms with Crippen molar-refractivity contribution in [2.75, 3.05) is 18.5 Å². The van der Waals surface area contributed by atoms with Gasteiger partial charge in [-0.3, -0.25) is 4.79 Å². The van der Waals surface area contributed by atoms with E-state index in [-0.39, 0.29) is 16.9 Å². The molecule has 0 aromatic heterocycles. The van der Waals surface area contributed by atoms with E-state index in [4.69, 9.17) is 10.5 Å². The molecule has 1 fully saturated rings. The van der Waals surface area contributed by atoms with E-state index in [1.807, 2.05) is 6.07 Å². The summed E-state index contributed by atoms with van der Waals surface area (Å²) in [6.07, 6.45) is 1.36. The second kappa shape index (κ2) is 4.05. The molecule has 2 aliphatic heterocycles. The minimum absolute atomic E-state index is 0.0982. The molecule has 3 rings (SSSR count). The molecule has 0 aliphatic carbocycles. The lowest BCUT2D eigenvalue weighted by atomic mass is 9.65. The minimum atomic E-state index is -0.322. The summed E-state index contributed by atoms with van der Waals surface area (Å²) in [4.78, 5) is 11.4. The van der Waals surface area contributed by atoms with E-state index in [1.54, 1.807) is 0 Å². The van der Waals surface area contributed by atoms with Gasteiger partial charge in [0.25, 0.3) is 0 Å². The van der Waals surface area contributed by atoms with Gasteiger partial charge >= 0.3 is 0 Å². The van der Waals surface area contributed by atoms with Crippen LogP contribution in [-0.2, 0) is 21.4 Å². The van der Waals surface area contributed by atoms with E-state index in [1.165, 1.54) is 11.1 Å². The number of nitrogens with two attached hydrogens (primary N) is 1. The van der Waals surface area contributed by atoms with Crippen LogP contribution in [0.3, 0.4) is 0 Å². The Hall–Kier alpha value is -1.39. The quantitative estimate of drug-likeness (QED) is 0.848. The highest BCUT2D eigenvalue weighted by atomic mass is 16.5. The summed E-state index contributed by atoms with van der Waals surface area (Å²) in [6.45, 7) is 5.44. The van der Waals surface area contributed by atoms with Crippen LogP contribution in [0.25, 0.3) is 0 Å². The summed E-state index contributed by atoms with van der Waals surface area (Å²) in [5.74, 6) is 0.0982. The Labute approximate surface area is 113 Å². The third kappa shape index (κ3) is 1.86. The van der Waals surface area contributed by atoms with Crippen molar-refractivity contribution in [2.45, 2.75) is 37.6 Å². The Morgan fingerprint density at radius 2 is 2.05 bits per heavy atom. The molecule has 1 saturated heterocycles. The maximum Gasteiger partial charge on any atom is 0.224 e. The first-order chi connectivity index (χ1) is 8.92. The second-order valence-electron chi connectivity index (χ2n) is 6.22. The van der Waals surface area contributed by atoms with E-state index in [0.717, 1.165) is 12.1 Å². The lowest BCUT2D eigenvalue weighted by Gasteiger charge is -2.51. The van der Waals surface area contributed by atoms with Crippen LogP contribution in [0.2, 0.25) is 0 Å². The van der Waals surface area contributed by atoms with Crippen molar-refractivity contribution in [1.29, 1.82) is 0 Å². The van der Waals surface area contributed by atoms with Crippen LogP contribution >= 0.6 is 0 Å². The van der Waals surface area contributed by atoms with E-state index in [0.29, 0.717) is 19.6 Å². The van der Waals surface area contributed by atoms with Gasteiger partial charge < -0.3 is 15.8 Å². The van der Waals surface area contributed by atoms with Gasteiger partial charge in [0, 0.05) is 17.6 Å². The Kier molecular flexibility index (Phi) is 2.69. The molecule has 0 bridgehead atoms. The lowest BCUT2D eigenvalue weighted by Crippen LogP contribution is -2.64. The van der Waals surface area contributed by atoms with E-state index >= 15 is 0 Å². The predicted octanol–water partition coefficient (Wildman–Crippen LogP) is 1.58. The fourth-order valence-corrected chi connectivity index (χ4v) is 2.90. The smallest absolute Gasteiger partial charge is 0.224 e. The van der Waals surface area contributed by atoms with Crippen LogP contribution in [0.4, 0.5) is 5.69 Å². The van der Waals surface area contributed by atoms with Crippen LogP contribution < -0.4 is 11.1 Å². The monoisotopic (exact) mass is 260 g/mol. The second-order valence-corrected chi connectivity index (χ2v) is 6.22. The molecule has 2 heterocycles. The maximum absolute atomic E-state index is 11.4. The summed E-state index contributed by atoms with van der Waals surface area (Å²) < 4.78 is 5.43. The minimum Gasteiger partial charge on any atom is -0.379 e. The number of hydrogen-bond acceptors (Lipinski definition) is 3. The molecule has 102 valence electrons. The van der Waals surface area contributed by atoms with Crippen LogP contribution in [0.5, 0.6) is 0 Å². The van der Waals surface area contributed by atoms with E-state index in [9.17, 15) is 4.79 Å². The van der Waals surface area contributed by atoms with Gasteiger partial charge in [-0.15, -0.1) is 0 Å². The molecule has 0 radical (unpaired) electrons. The first-order valence-electron chi connectivity index (χ1n) is 6.72. The number of aryl methyl sites for hydroxylation is 1. The zero-order valence-corrected chi connectivity index (χ0v) is 11.5. The topological polar surface area (TPSA) is 64.4 Å². The van der Waals surface area contributed by atoms with Gasteiger partial charge in [0.15, 0.2) is 0 Å². The molecule has 2 aliphatic rings. The molecule has 0 spiro atoms. The maximum atomic E-state index is 11.4. The molecule has 1 aromatic carbocycles. The fourth-order valence-electron chi connectivity index (χ4n) is 2.90. The normalized spacial score (nSPS) is 21.3. The van der Waals surface area contributed by atoms with E-state index in [2.05, 4.69) is 31.3 Å². The number of anilines is 1. The van der Waals surface area contributed by atoms with Crippen LogP contribution in [0.15, 0.2) is 18.2 Å². The van der Waals surface area contributed by atoms with Crippen LogP contribution in [-0.4, -0.2) is 24.7 Å². The SMILES string of the molecule is CC(C)(N)C1(c2ccc3c(c2)CCC(=O)N3)COC1. The summed E-state index contributed by atoms with van der Waals surface area (Å²) in [6, 6.07) is 6.25. The molecule has 1 amide bonds. The Morgan fingerprint density at radius 1 is 1.32 bits per heavy atom. The first kappa shape index (κ1) is 12.6. The van der Waals surface area contributed by atoms with Crippen LogP contribution in [0.1, 0.15) is 31.4 Å². The highest BCUT2D eigenvalue weighted by molar-refractivity contribution is 5.93. The van der Waals surface area contributed by atoms with Crippen molar-refractivity contribution < 1.29 is 9.53 Å². The van der Waals surface area contributed by atoms with Gasteiger partial charge in [-0.05, 0) is 37.5 Å². The van der Waals surface area contributed by atoms with Gasteiger partial charge in [-0.1, -0.05) is 12.1 Å². The number of hydrogen-bond donors (Lipinski definition) is 2. The number of amides is 1. The average Bonchev–Trinajstić information content (AvgIpc) is 2.25. The molecule has 0 unspecified atom stereocenters. The Balaban J connectivity index is 2.00. The summed E-state index contributed by atoms with van der Waals surface area (Å²) in [7, 11) is 0. The average molecular weight is 260 g/mol. The first-order valence-corrected chi connectivity index (χ1v) is 6.72. The number of fused-ring (bicyclic) bond motifs is 1. The molecule has 19 heavy (non-hydrogen) atoms. The van der Waals surface area contributed by atoms with E-state index < -0.39 is 0 Å². The molecule has 4 nitrogen and oxygen atoms in total. The van der Waals surface area contributed by atoms with Gasteiger partial charge in [-0.25, -0.2) is 0 Å². The molecule has 4 heteroatoms. The lowest BCUT2D eigenvalue weighted by molar-refractivity contribution is -0.116. The Bertz CT molecular complexity index is 527. The Morgan fingerprint density at radius 3 is 2.63 bits per heavy atom. The van der Waals surface area contributed by atoms with Crippen molar-refractivity contribution in [2.24, 2.45) is 5.73 Å². The molecule has 3 N–H and O–H groups in total. The van der Waals surface area contributed by atoms with Crippen molar-refractivity contribution in [3.8, 4) is 0 Å². The molecule has 0 atom stereocenters. The van der Waals surface area contributed by atoms with Crippen molar-refractivity contribution in [3.05, 3.63) is 29.3 Å². The van der Waals surface area contributed by atoms with Crippen molar-refractivity contribution >= 4 is 11.6 Å². The number of benzene rings is 1. The highest BCUT2D eigenvalue weighted by Gasteiger charge is 2.50. The van der Waals surface area contributed by atoms with Crippen LogP contribution in [0, 0.1) is 0 Å². The number of nitrogens with one attached hydrogen (secondary N) is 1. The van der Waals surface area contributed by atoms with Crippen molar-refractivity contribution in [1.82, 2.24) is 0 Å². The number of carbonyl (C=O) groups is 1. The number of ether oxygens (including phenoxy) is 1. The van der Waals surface area contributed by atoms with Gasteiger partial charge in [0.2, 0.25) is 5.91 Å². The fraction of sp³-hybridized carbons (Fsp3) is 0.533. The van der Waals surface area contributed by atoms with Gasteiger partial charge in [-0.2, -0.15) is 0 Å². The summed E-state index contributed by atoms with van der Waals surface area (Å²) in [5.41, 5.74) is 9.29. The number of carbonyl (C=O) groups excluding carboxylic acids is 1. The molecule has 1 aromatic rings. The molecular formula is C15H20N2O2. The zero-order valence-electron chi connectivity index (χ0n) is 11.5. The molecular weight excluding hydrogens is 240 g/mol. The largest absolute Gasteiger partial charge is 0.379 e. The van der Waals surface area contributed by atoms with Crippen molar-refractivity contribution in [3.63, 3.8) is 0 Å². The highest BCUT2D eigenvalue weighted by Crippen LogP contribution is 2.42. The predicted molar refractivity (Wildman–Crippen MR) is 74.2 cm³/mol. The third-order valence-electron chi connectivity index (χ3n) is 4.48. The van der Waals surface area contributed by atoms with Gasteiger partial charge in [0.1, 0.15) is 0 Å². The third-order valence-corrected chi connectivity index (χ3v) is 4.48. The summed E-state index contributed by atoms with van der Waals surface area (Å²) in [5, 5.41) is 2.91.